The molecule has 0 bridgehead atoms. The predicted molar refractivity (Wildman–Crippen MR) is 61.9 cm³/mol. The van der Waals surface area contributed by atoms with Crippen LogP contribution >= 0.6 is 0 Å². The normalized spacial score (nSPS) is 10.5. The molecule has 0 aliphatic carbocycles. The molecule has 0 saturated carbocycles. The van der Waals surface area contributed by atoms with Gasteiger partial charge in [-0.3, -0.25) is 0 Å². The summed E-state index contributed by atoms with van der Waals surface area (Å²) in [6.07, 6.45) is 1.78. The molecule has 2 rings (SSSR count). The van der Waals surface area contributed by atoms with Crippen LogP contribution in [0.3, 0.4) is 0 Å². The van der Waals surface area contributed by atoms with Crippen molar-refractivity contribution in [2.24, 2.45) is 5.73 Å². The van der Waals surface area contributed by atoms with Gasteiger partial charge in [-0.25, -0.2) is 0 Å². The minimum absolute atomic E-state index is 0.632. The zero-order valence-electron chi connectivity index (χ0n) is 8.72. The van der Waals surface area contributed by atoms with Crippen molar-refractivity contribution in [1.29, 1.82) is 0 Å². The second-order valence-corrected chi connectivity index (χ2v) is 3.46. The first-order chi connectivity index (χ1) is 7.33. The van der Waals surface area contributed by atoms with Crippen molar-refractivity contribution in [3.63, 3.8) is 0 Å². The lowest BCUT2D eigenvalue weighted by atomic mass is 10.2. The van der Waals surface area contributed by atoms with Crippen molar-refractivity contribution in [2.45, 2.75) is 0 Å². The molecule has 0 atom stereocenters. The van der Waals surface area contributed by atoms with Gasteiger partial charge in [-0.1, -0.05) is 18.2 Å². The molecular formula is C11H14N4. The molecule has 0 aliphatic rings. The smallest absolute Gasteiger partial charge is 0.0950 e. The topological polar surface area (TPSA) is 55.0 Å². The number of rotatable bonds is 3. The standard InChI is InChI=1S/C11H14N4/c1-15(7-6-12)11-8-13-14-10-5-3-2-4-9(10)11/h2-5,8H,6-7,12H2,1H3. The Balaban J connectivity index is 2.50. The molecule has 1 aromatic heterocycles. The molecule has 0 radical (unpaired) electrons. The van der Waals surface area contributed by atoms with Crippen LogP contribution in [0.25, 0.3) is 10.9 Å². The summed E-state index contributed by atoms with van der Waals surface area (Å²) in [5.41, 5.74) is 7.52. The molecule has 4 nitrogen and oxygen atoms in total. The van der Waals surface area contributed by atoms with Crippen LogP contribution in [-0.4, -0.2) is 30.3 Å². The van der Waals surface area contributed by atoms with Gasteiger partial charge in [0, 0.05) is 25.5 Å². The number of hydrogen-bond donors (Lipinski definition) is 1. The number of nitrogens with two attached hydrogens (primary N) is 1. The molecule has 1 heterocycles. The summed E-state index contributed by atoms with van der Waals surface area (Å²) in [6.45, 7) is 1.45. The molecule has 0 unspecified atom stereocenters. The first-order valence-electron chi connectivity index (χ1n) is 4.94. The average Bonchev–Trinajstić information content (AvgIpc) is 2.28. The lowest BCUT2D eigenvalue weighted by Gasteiger charge is -2.19. The van der Waals surface area contributed by atoms with E-state index in [1.165, 1.54) is 0 Å². The van der Waals surface area contributed by atoms with Crippen LogP contribution in [0, 0.1) is 0 Å². The number of anilines is 1. The maximum absolute atomic E-state index is 5.53. The maximum Gasteiger partial charge on any atom is 0.0950 e. The Morgan fingerprint density at radius 1 is 1.33 bits per heavy atom. The maximum atomic E-state index is 5.53. The molecule has 0 fully saturated rings. The van der Waals surface area contributed by atoms with Gasteiger partial charge in [-0.05, 0) is 6.07 Å². The molecule has 15 heavy (non-hydrogen) atoms. The van der Waals surface area contributed by atoms with Crippen LogP contribution in [0.1, 0.15) is 0 Å². The zero-order chi connectivity index (χ0) is 10.7. The molecule has 78 valence electrons. The van der Waals surface area contributed by atoms with E-state index >= 15 is 0 Å². The number of hydrogen-bond acceptors (Lipinski definition) is 4. The SMILES string of the molecule is CN(CCN)c1cnnc2ccccc12. The molecule has 4 heteroatoms. The quantitative estimate of drug-likeness (QED) is 0.807. The summed E-state index contributed by atoms with van der Waals surface area (Å²) in [6, 6.07) is 7.97. The highest BCUT2D eigenvalue weighted by Crippen LogP contribution is 2.22. The van der Waals surface area contributed by atoms with Gasteiger partial charge < -0.3 is 10.6 Å². The third-order valence-electron chi connectivity index (χ3n) is 2.40. The molecule has 0 spiro atoms. The van der Waals surface area contributed by atoms with Crippen molar-refractivity contribution in [3.8, 4) is 0 Å². The number of likely N-dealkylation sites (N-methyl/N-ethyl adjacent to an activating group) is 1. The van der Waals surface area contributed by atoms with E-state index in [4.69, 9.17) is 5.73 Å². The van der Waals surface area contributed by atoms with E-state index < -0.39 is 0 Å². The predicted octanol–water partition coefficient (Wildman–Crippen LogP) is 1.02. The number of fused-ring (bicyclic) bond motifs is 1. The minimum Gasteiger partial charge on any atom is -0.371 e. The Bertz CT molecular complexity index is 450. The fourth-order valence-corrected chi connectivity index (χ4v) is 1.61. The van der Waals surface area contributed by atoms with E-state index in [1.807, 2.05) is 31.3 Å². The Kier molecular flexibility index (Phi) is 2.78. The van der Waals surface area contributed by atoms with E-state index in [2.05, 4.69) is 15.1 Å². The molecule has 0 amide bonds. The molecular weight excluding hydrogens is 188 g/mol. The van der Waals surface area contributed by atoms with Gasteiger partial charge in [0.2, 0.25) is 0 Å². The van der Waals surface area contributed by atoms with Crippen LogP contribution in [0.4, 0.5) is 5.69 Å². The molecule has 2 aromatic rings. The first kappa shape index (κ1) is 9.86. The van der Waals surface area contributed by atoms with Crippen molar-refractivity contribution in [3.05, 3.63) is 30.5 Å². The van der Waals surface area contributed by atoms with Crippen molar-refractivity contribution in [1.82, 2.24) is 10.2 Å². The van der Waals surface area contributed by atoms with E-state index in [-0.39, 0.29) is 0 Å². The van der Waals surface area contributed by atoms with Gasteiger partial charge in [0.15, 0.2) is 0 Å². The average molecular weight is 202 g/mol. The second-order valence-electron chi connectivity index (χ2n) is 3.46. The molecule has 0 aliphatic heterocycles. The van der Waals surface area contributed by atoms with Gasteiger partial charge in [0.1, 0.15) is 0 Å². The third kappa shape index (κ3) is 1.89. The van der Waals surface area contributed by atoms with Gasteiger partial charge in [-0.15, -0.1) is 0 Å². The lowest BCUT2D eigenvalue weighted by Crippen LogP contribution is -2.25. The van der Waals surface area contributed by atoms with Crippen molar-refractivity contribution < 1.29 is 0 Å². The molecule has 1 aromatic carbocycles. The molecule has 2 N–H and O–H groups in total. The van der Waals surface area contributed by atoms with Gasteiger partial charge in [-0.2, -0.15) is 10.2 Å². The zero-order valence-corrected chi connectivity index (χ0v) is 8.72. The van der Waals surface area contributed by atoms with E-state index in [1.54, 1.807) is 6.20 Å². The Hall–Kier alpha value is -1.68. The summed E-state index contributed by atoms with van der Waals surface area (Å²) in [7, 11) is 2.01. The lowest BCUT2D eigenvalue weighted by molar-refractivity contribution is 0.882. The van der Waals surface area contributed by atoms with Crippen molar-refractivity contribution in [2.75, 3.05) is 25.0 Å². The fraction of sp³-hybridized carbons (Fsp3) is 0.273. The summed E-state index contributed by atoms with van der Waals surface area (Å²) in [4.78, 5) is 2.09. The van der Waals surface area contributed by atoms with Crippen LogP contribution in [0.2, 0.25) is 0 Å². The van der Waals surface area contributed by atoms with E-state index in [0.29, 0.717) is 6.54 Å². The second kappa shape index (κ2) is 4.23. The Morgan fingerprint density at radius 3 is 2.93 bits per heavy atom. The summed E-state index contributed by atoms with van der Waals surface area (Å²) in [5, 5.41) is 9.17. The highest BCUT2D eigenvalue weighted by atomic mass is 15.2. The number of benzene rings is 1. The van der Waals surface area contributed by atoms with Gasteiger partial charge in [0.05, 0.1) is 17.4 Å². The highest BCUT2D eigenvalue weighted by molar-refractivity contribution is 5.90. The summed E-state index contributed by atoms with van der Waals surface area (Å²) >= 11 is 0. The summed E-state index contributed by atoms with van der Waals surface area (Å²) in [5.74, 6) is 0. The van der Waals surface area contributed by atoms with Crippen LogP contribution in [0.5, 0.6) is 0 Å². The van der Waals surface area contributed by atoms with Crippen LogP contribution < -0.4 is 10.6 Å². The number of aromatic nitrogens is 2. The first-order valence-corrected chi connectivity index (χ1v) is 4.94. The van der Waals surface area contributed by atoms with Crippen molar-refractivity contribution >= 4 is 16.6 Å². The Morgan fingerprint density at radius 2 is 2.13 bits per heavy atom. The van der Waals surface area contributed by atoms with Crippen LogP contribution in [-0.2, 0) is 0 Å². The Labute approximate surface area is 88.7 Å². The van der Waals surface area contributed by atoms with Gasteiger partial charge in [0.25, 0.3) is 0 Å². The monoisotopic (exact) mass is 202 g/mol. The highest BCUT2D eigenvalue weighted by Gasteiger charge is 2.05. The molecule has 0 saturated heterocycles. The number of nitrogens with zero attached hydrogens (tertiary/aromatic N) is 3. The third-order valence-corrected chi connectivity index (χ3v) is 2.40. The minimum atomic E-state index is 0.632. The fourth-order valence-electron chi connectivity index (χ4n) is 1.61. The largest absolute Gasteiger partial charge is 0.371 e. The van der Waals surface area contributed by atoms with Gasteiger partial charge >= 0.3 is 0 Å². The van der Waals surface area contributed by atoms with E-state index in [9.17, 15) is 0 Å². The van der Waals surface area contributed by atoms with E-state index in [0.717, 1.165) is 23.1 Å². The summed E-state index contributed by atoms with van der Waals surface area (Å²) < 4.78 is 0. The van der Waals surface area contributed by atoms with Crippen LogP contribution in [0.15, 0.2) is 30.5 Å².